The number of ether oxygens (including phenoxy) is 1. The molecule has 0 unspecified atom stereocenters. The Labute approximate surface area is 146 Å². The number of sulfonamides is 1. The number of rotatable bonds is 7. The lowest BCUT2D eigenvalue weighted by atomic mass is 10.1. The van der Waals surface area contributed by atoms with Crippen molar-refractivity contribution in [2.45, 2.75) is 30.7 Å². The van der Waals surface area contributed by atoms with Gasteiger partial charge in [-0.2, -0.15) is 4.72 Å². The van der Waals surface area contributed by atoms with Crippen LogP contribution in [0.1, 0.15) is 18.4 Å². The highest BCUT2D eigenvalue weighted by molar-refractivity contribution is 7.89. The van der Waals surface area contributed by atoms with Gasteiger partial charge in [-0.15, -0.1) is 0 Å². The summed E-state index contributed by atoms with van der Waals surface area (Å²) in [6.45, 7) is 3.65. The molecule has 2 N–H and O–H groups in total. The van der Waals surface area contributed by atoms with E-state index < -0.39 is 22.0 Å². The number of carbonyl (C=O) groups excluding carboxylic acids is 1. The molecule has 1 aliphatic rings. The average molecular weight is 370 g/mol. The Kier molecular flexibility index (Phi) is 6.51. The highest BCUT2D eigenvalue weighted by atomic mass is 32.2. The zero-order chi connectivity index (χ0) is 18.4. The van der Waals surface area contributed by atoms with Gasteiger partial charge in [0.1, 0.15) is 6.04 Å². The van der Waals surface area contributed by atoms with Crippen LogP contribution in [0.4, 0.5) is 0 Å². The van der Waals surface area contributed by atoms with Gasteiger partial charge in [0.25, 0.3) is 0 Å². The summed E-state index contributed by atoms with van der Waals surface area (Å²) < 4.78 is 32.0. The molecule has 1 saturated heterocycles. The Bertz CT molecular complexity index is 711. The molecule has 1 aromatic carbocycles. The van der Waals surface area contributed by atoms with Gasteiger partial charge in [0.05, 0.1) is 18.1 Å². The maximum absolute atomic E-state index is 12.3. The van der Waals surface area contributed by atoms with Gasteiger partial charge in [0.15, 0.2) is 0 Å². The van der Waals surface area contributed by atoms with E-state index in [0.29, 0.717) is 26.3 Å². The van der Waals surface area contributed by atoms with Crippen LogP contribution in [0, 0.1) is 6.92 Å². The molecule has 9 heteroatoms. The van der Waals surface area contributed by atoms with Crippen LogP contribution in [0.15, 0.2) is 29.2 Å². The molecule has 1 aliphatic heterocycles. The molecule has 1 atom stereocenters. The minimum atomic E-state index is -3.97. The van der Waals surface area contributed by atoms with Crippen LogP contribution < -0.4 is 4.72 Å². The van der Waals surface area contributed by atoms with Crippen molar-refractivity contribution in [2.24, 2.45) is 0 Å². The van der Waals surface area contributed by atoms with Crippen LogP contribution in [-0.4, -0.2) is 62.6 Å². The normalized spacial score (nSPS) is 16.4. The summed E-state index contributed by atoms with van der Waals surface area (Å²) in [6.07, 6.45) is -0.163. The number of hydrogen-bond acceptors (Lipinski definition) is 5. The molecule has 138 valence electrons. The Morgan fingerprint density at radius 3 is 2.40 bits per heavy atom. The molecular weight excluding hydrogens is 348 g/mol. The second-order valence-corrected chi connectivity index (χ2v) is 7.57. The van der Waals surface area contributed by atoms with Gasteiger partial charge in [-0.1, -0.05) is 17.7 Å². The fourth-order valence-corrected chi connectivity index (χ4v) is 3.67. The van der Waals surface area contributed by atoms with Crippen LogP contribution in [0.3, 0.4) is 0 Å². The Hall–Kier alpha value is -1.97. The summed E-state index contributed by atoms with van der Waals surface area (Å²) >= 11 is 0. The van der Waals surface area contributed by atoms with Crippen molar-refractivity contribution >= 4 is 21.9 Å². The van der Waals surface area contributed by atoms with Gasteiger partial charge in [-0.3, -0.25) is 9.59 Å². The molecule has 0 aromatic heterocycles. The molecule has 8 nitrogen and oxygen atoms in total. The number of nitrogens with zero attached hydrogens (tertiary/aromatic N) is 1. The molecule has 2 rings (SSSR count). The number of amides is 1. The summed E-state index contributed by atoms with van der Waals surface area (Å²) in [5.74, 6) is -1.52. The molecule has 0 radical (unpaired) electrons. The van der Waals surface area contributed by atoms with Crippen LogP contribution >= 0.6 is 0 Å². The number of nitrogens with one attached hydrogen (secondary N) is 1. The number of carboxylic acid groups (broad SMARTS) is 1. The quantitative estimate of drug-likeness (QED) is 0.717. The van der Waals surface area contributed by atoms with Crippen LogP contribution in [0.5, 0.6) is 0 Å². The zero-order valence-electron chi connectivity index (χ0n) is 14.0. The van der Waals surface area contributed by atoms with Crippen molar-refractivity contribution in [3.05, 3.63) is 29.8 Å². The highest BCUT2D eigenvalue weighted by Crippen LogP contribution is 2.13. The average Bonchev–Trinajstić information content (AvgIpc) is 2.59. The minimum absolute atomic E-state index is 0.0103. The molecule has 1 amide bonds. The van der Waals surface area contributed by atoms with Gasteiger partial charge in [-0.05, 0) is 25.5 Å². The van der Waals surface area contributed by atoms with E-state index in [2.05, 4.69) is 4.72 Å². The molecule has 0 aliphatic carbocycles. The van der Waals surface area contributed by atoms with E-state index >= 15 is 0 Å². The van der Waals surface area contributed by atoms with Crippen molar-refractivity contribution < 1.29 is 27.9 Å². The number of aryl methyl sites for hydroxylation is 1. The van der Waals surface area contributed by atoms with E-state index in [1.54, 1.807) is 17.0 Å². The Morgan fingerprint density at radius 1 is 1.24 bits per heavy atom. The SMILES string of the molecule is Cc1ccc(S(=O)(=O)N[C@@H](CCC(=O)N2CCOCC2)C(=O)O)cc1. The maximum Gasteiger partial charge on any atom is 0.321 e. The van der Waals surface area contributed by atoms with Crippen molar-refractivity contribution in [1.82, 2.24) is 9.62 Å². The number of hydrogen-bond donors (Lipinski definition) is 2. The fraction of sp³-hybridized carbons (Fsp3) is 0.500. The number of aliphatic carboxylic acids is 1. The van der Waals surface area contributed by atoms with Crippen LogP contribution in [0.25, 0.3) is 0 Å². The van der Waals surface area contributed by atoms with E-state index in [0.717, 1.165) is 5.56 Å². The first kappa shape index (κ1) is 19.4. The maximum atomic E-state index is 12.3. The Balaban J connectivity index is 1.99. The molecular formula is C16H22N2O6S. The van der Waals surface area contributed by atoms with E-state index in [1.807, 2.05) is 6.92 Å². The zero-order valence-corrected chi connectivity index (χ0v) is 14.8. The third-order valence-corrected chi connectivity index (χ3v) is 5.43. The van der Waals surface area contributed by atoms with Gasteiger partial charge >= 0.3 is 5.97 Å². The topological polar surface area (TPSA) is 113 Å². The van der Waals surface area contributed by atoms with Crippen molar-refractivity contribution in [1.29, 1.82) is 0 Å². The molecule has 0 bridgehead atoms. The lowest BCUT2D eigenvalue weighted by Gasteiger charge is -2.27. The molecule has 0 saturated carbocycles. The molecule has 1 heterocycles. The summed E-state index contributed by atoms with van der Waals surface area (Å²) in [6, 6.07) is 4.72. The van der Waals surface area contributed by atoms with Crippen molar-refractivity contribution in [2.75, 3.05) is 26.3 Å². The van der Waals surface area contributed by atoms with Crippen LogP contribution in [-0.2, 0) is 24.3 Å². The van der Waals surface area contributed by atoms with Crippen molar-refractivity contribution in [3.8, 4) is 0 Å². The monoisotopic (exact) mass is 370 g/mol. The van der Waals surface area contributed by atoms with Gasteiger partial charge in [0, 0.05) is 19.5 Å². The van der Waals surface area contributed by atoms with Gasteiger partial charge in [0.2, 0.25) is 15.9 Å². The second kappa shape index (κ2) is 8.41. The summed E-state index contributed by atoms with van der Waals surface area (Å²) in [7, 11) is -3.97. The number of carbonyl (C=O) groups is 2. The van der Waals surface area contributed by atoms with Crippen LogP contribution in [0.2, 0.25) is 0 Å². The summed E-state index contributed by atoms with van der Waals surface area (Å²) in [5.41, 5.74) is 0.893. The van der Waals surface area contributed by atoms with Crippen molar-refractivity contribution in [3.63, 3.8) is 0 Å². The molecule has 25 heavy (non-hydrogen) atoms. The highest BCUT2D eigenvalue weighted by Gasteiger charge is 2.27. The lowest BCUT2D eigenvalue weighted by molar-refractivity contribution is -0.140. The van der Waals surface area contributed by atoms with E-state index in [9.17, 15) is 23.1 Å². The molecule has 1 aromatic rings. The number of carboxylic acids is 1. The van der Waals surface area contributed by atoms with Gasteiger partial charge in [-0.25, -0.2) is 8.42 Å². The lowest BCUT2D eigenvalue weighted by Crippen LogP contribution is -2.43. The second-order valence-electron chi connectivity index (χ2n) is 5.86. The molecule has 1 fully saturated rings. The Morgan fingerprint density at radius 2 is 1.84 bits per heavy atom. The smallest absolute Gasteiger partial charge is 0.321 e. The number of benzene rings is 1. The molecule has 0 spiro atoms. The predicted molar refractivity (Wildman–Crippen MR) is 89.6 cm³/mol. The van der Waals surface area contributed by atoms with E-state index in [4.69, 9.17) is 4.74 Å². The third-order valence-electron chi connectivity index (χ3n) is 3.94. The first-order valence-corrected chi connectivity index (χ1v) is 9.45. The fourth-order valence-electron chi connectivity index (χ4n) is 2.44. The number of morpholine rings is 1. The standard InChI is InChI=1S/C16H22N2O6S/c1-12-2-4-13(5-3-12)25(22,23)17-14(16(20)21)6-7-15(19)18-8-10-24-11-9-18/h2-5,14,17H,6-11H2,1H3,(H,20,21)/t14-/m0/s1. The summed E-state index contributed by atoms with van der Waals surface area (Å²) in [4.78, 5) is 25.1. The van der Waals surface area contributed by atoms with E-state index in [1.165, 1.54) is 12.1 Å². The van der Waals surface area contributed by atoms with E-state index in [-0.39, 0.29) is 23.6 Å². The largest absolute Gasteiger partial charge is 0.480 e. The van der Waals surface area contributed by atoms with Gasteiger partial charge < -0.3 is 14.7 Å². The first-order chi connectivity index (χ1) is 11.8. The summed E-state index contributed by atoms with van der Waals surface area (Å²) in [5, 5.41) is 9.28. The minimum Gasteiger partial charge on any atom is -0.480 e. The first-order valence-electron chi connectivity index (χ1n) is 7.97. The predicted octanol–water partition coefficient (Wildman–Crippen LogP) is 0.366. The third kappa shape index (κ3) is 5.52.